The van der Waals surface area contributed by atoms with Crippen LogP contribution in [0.5, 0.6) is 5.75 Å². The molecule has 0 spiro atoms. The number of nitrogens with zero attached hydrogens (tertiary/aromatic N) is 2. The second-order valence-corrected chi connectivity index (χ2v) is 8.66. The molecule has 186 valence electrons. The van der Waals surface area contributed by atoms with Gasteiger partial charge in [0.05, 0.1) is 24.1 Å². The smallest absolute Gasteiger partial charge is 0.416 e. The average molecular weight is 513 g/mol. The predicted molar refractivity (Wildman–Crippen MR) is 136 cm³/mol. The number of oxime groups is 1. The molecule has 3 aromatic carbocycles. The zero-order valence-corrected chi connectivity index (χ0v) is 20.7. The molecule has 4 rings (SSSR count). The first kappa shape index (κ1) is 25.4. The number of hydrogen-bond donors (Lipinski definition) is 0. The lowest BCUT2D eigenvalue weighted by Crippen LogP contribution is -2.05. The number of aromatic nitrogens is 1. The Morgan fingerprint density at radius 1 is 0.972 bits per heavy atom. The highest BCUT2D eigenvalue weighted by Gasteiger charge is 2.30. The molecule has 0 aliphatic rings. The van der Waals surface area contributed by atoms with Crippen LogP contribution >= 0.6 is 11.6 Å². The molecule has 8 heteroatoms. The minimum atomic E-state index is -4.41. The van der Waals surface area contributed by atoms with Gasteiger partial charge in [0.25, 0.3) is 0 Å². The van der Waals surface area contributed by atoms with Crippen molar-refractivity contribution in [1.82, 2.24) is 4.57 Å². The fourth-order valence-electron chi connectivity index (χ4n) is 4.01. The molecule has 0 saturated carbocycles. The Labute approximate surface area is 212 Å². The zero-order chi connectivity index (χ0) is 25.9. The van der Waals surface area contributed by atoms with E-state index in [1.54, 1.807) is 20.1 Å². The normalized spacial score (nSPS) is 12.0. The van der Waals surface area contributed by atoms with Crippen molar-refractivity contribution < 1.29 is 22.7 Å². The van der Waals surface area contributed by atoms with Gasteiger partial charge in [-0.1, -0.05) is 47.1 Å². The lowest BCUT2D eigenvalue weighted by atomic mass is 10.1. The monoisotopic (exact) mass is 512 g/mol. The highest BCUT2D eigenvalue weighted by atomic mass is 35.5. The van der Waals surface area contributed by atoms with Crippen LogP contribution in [0, 0.1) is 6.92 Å². The molecule has 0 bridgehead atoms. The van der Waals surface area contributed by atoms with Crippen LogP contribution in [-0.4, -0.2) is 17.4 Å². The van der Waals surface area contributed by atoms with Crippen molar-refractivity contribution in [2.24, 2.45) is 5.16 Å². The van der Waals surface area contributed by atoms with Crippen LogP contribution in [0.2, 0.25) is 5.02 Å². The van der Waals surface area contributed by atoms with Gasteiger partial charge >= 0.3 is 6.18 Å². The van der Waals surface area contributed by atoms with Crippen molar-refractivity contribution in [1.29, 1.82) is 0 Å². The molecule has 0 aliphatic heterocycles. The molecule has 0 unspecified atom stereocenters. The van der Waals surface area contributed by atoms with Gasteiger partial charge in [0.1, 0.15) is 12.4 Å². The molecule has 0 aliphatic carbocycles. The van der Waals surface area contributed by atoms with Gasteiger partial charge in [0, 0.05) is 27.5 Å². The quantitative estimate of drug-likeness (QED) is 0.185. The maximum atomic E-state index is 13.0. The standard InChI is InChI=1S/C28H24ClF3N2O2/c1-18(33-36-17-20-7-4-9-22(13-20)28(30,31)32)26-16-27(21-8-5-12-25(14-21)35-3)34(19(26)2)24-11-6-10-23(29)15-24/h4-16H,17H2,1-3H3/b33-18+. The van der Waals surface area contributed by atoms with Crippen LogP contribution in [0.1, 0.15) is 29.3 Å². The highest BCUT2D eigenvalue weighted by Crippen LogP contribution is 2.33. The number of ether oxygens (including phenoxy) is 1. The Kier molecular flexibility index (Phi) is 7.40. The summed E-state index contributed by atoms with van der Waals surface area (Å²) in [5.74, 6) is 0.723. The molecule has 4 nitrogen and oxygen atoms in total. The molecule has 4 aromatic rings. The summed E-state index contributed by atoms with van der Waals surface area (Å²) < 4.78 is 46.4. The summed E-state index contributed by atoms with van der Waals surface area (Å²) in [7, 11) is 1.62. The topological polar surface area (TPSA) is 35.8 Å². The van der Waals surface area contributed by atoms with Crippen LogP contribution < -0.4 is 4.74 Å². The van der Waals surface area contributed by atoms with E-state index >= 15 is 0 Å². The number of halogens is 4. The van der Waals surface area contributed by atoms with Gasteiger partial charge in [-0.15, -0.1) is 0 Å². The Balaban J connectivity index is 1.69. The summed E-state index contributed by atoms with van der Waals surface area (Å²) in [6, 6.07) is 22.3. The molecule has 0 saturated heterocycles. The summed E-state index contributed by atoms with van der Waals surface area (Å²) in [6.07, 6.45) is -4.41. The van der Waals surface area contributed by atoms with E-state index in [0.717, 1.165) is 46.1 Å². The summed E-state index contributed by atoms with van der Waals surface area (Å²) in [4.78, 5) is 5.44. The third kappa shape index (κ3) is 5.57. The fourth-order valence-corrected chi connectivity index (χ4v) is 4.19. The van der Waals surface area contributed by atoms with Crippen molar-refractivity contribution in [2.75, 3.05) is 7.11 Å². The van der Waals surface area contributed by atoms with Gasteiger partial charge < -0.3 is 14.1 Å². The third-order valence-electron chi connectivity index (χ3n) is 5.76. The number of benzene rings is 3. The highest BCUT2D eigenvalue weighted by molar-refractivity contribution is 6.30. The Hall–Kier alpha value is -3.71. The first-order valence-electron chi connectivity index (χ1n) is 11.1. The van der Waals surface area contributed by atoms with E-state index in [1.165, 1.54) is 6.07 Å². The number of hydrogen-bond acceptors (Lipinski definition) is 3. The average Bonchev–Trinajstić information content (AvgIpc) is 3.21. The van der Waals surface area contributed by atoms with Crippen molar-refractivity contribution in [3.63, 3.8) is 0 Å². The van der Waals surface area contributed by atoms with Crippen molar-refractivity contribution in [3.8, 4) is 22.7 Å². The van der Waals surface area contributed by atoms with E-state index in [2.05, 4.69) is 9.72 Å². The Morgan fingerprint density at radius 3 is 2.44 bits per heavy atom. The Bertz CT molecular complexity index is 1410. The summed E-state index contributed by atoms with van der Waals surface area (Å²) in [5.41, 5.74) is 4.69. The first-order chi connectivity index (χ1) is 17.2. The van der Waals surface area contributed by atoms with E-state index in [1.807, 2.05) is 61.5 Å². The largest absolute Gasteiger partial charge is 0.497 e. The van der Waals surface area contributed by atoms with Crippen LogP contribution in [0.25, 0.3) is 16.9 Å². The zero-order valence-electron chi connectivity index (χ0n) is 19.9. The van der Waals surface area contributed by atoms with Crippen LogP contribution in [0.4, 0.5) is 13.2 Å². The van der Waals surface area contributed by atoms with Crippen LogP contribution in [0.3, 0.4) is 0 Å². The first-order valence-corrected chi connectivity index (χ1v) is 11.5. The van der Waals surface area contributed by atoms with Gasteiger partial charge in [-0.2, -0.15) is 13.2 Å². The summed E-state index contributed by atoms with van der Waals surface area (Å²) >= 11 is 6.28. The molecule has 1 heterocycles. The van der Waals surface area contributed by atoms with Crippen molar-refractivity contribution >= 4 is 17.3 Å². The molecule has 0 amide bonds. The lowest BCUT2D eigenvalue weighted by molar-refractivity contribution is -0.137. The molecule has 0 fully saturated rings. The molecular weight excluding hydrogens is 489 g/mol. The summed E-state index contributed by atoms with van der Waals surface area (Å²) in [5, 5.41) is 4.81. The van der Waals surface area contributed by atoms with Crippen LogP contribution in [0.15, 0.2) is 84.0 Å². The number of alkyl halides is 3. The lowest BCUT2D eigenvalue weighted by Gasteiger charge is -2.13. The van der Waals surface area contributed by atoms with E-state index in [9.17, 15) is 13.2 Å². The number of methoxy groups -OCH3 is 1. The van der Waals surface area contributed by atoms with Crippen molar-refractivity contribution in [2.45, 2.75) is 26.6 Å². The molecule has 36 heavy (non-hydrogen) atoms. The summed E-state index contributed by atoms with van der Waals surface area (Å²) in [6.45, 7) is 3.68. The SMILES string of the molecule is COc1cccc(-c2cc(/C(C)=N/OCc3cccc(C(F)(F)F)c3)c(C)n2-c2cccc(Cl)c2)c1. The van der Waals surface area contributed by atoms with Gasteiger partial charge in [0.2, 0.25) is 0 Å². The Morgan fingerprint density at radius 2 is 1.72 bits per heavy atom. The van der Waals surface area contributed by atoms with Crippen molar-refractivity contribution in [3.05, 3.63) is 106 Å². The van der Waals surface area contributed by atoms with E-state index < -0.39 is 11.7 Å². The maximum absolute atomic E-state index is 13.0. The molecular formula is C28H24ClF3N2O2. The molecule has 0 N–H and O–H groups in total. The fraction of sp³-hybridized carbons (Fsp3) is 0.179. The second-order valence-electron chi connectivity index (χ2n) is 8.22. The van der Waals surface area contributed by atoms with Gasteiger partial charge in [-0.05, 0) is 67.9 Å². The minimum absolute atomic E-state index is 0.0853. The molecule has 0 atom stereocenters. The minimum Gasteiger partial charge on any atom is -0.497 e. The third-order valence-corrected chi connectivity index (χ3v) is 5.99. The maximum Gasteiger partial charge on any atom is 0.416 e. The van der Waals surface area contributed by atoms with Crippen LogP contribution in [-0.2, 0) is 17.6 Å². The second kappa shape index (κ2) is 10.5. The van der Waals surface area contributed by atoms with E-state index in [-0.39, 0.29) is 6.61 Å². The van der Waals surface area contributed by atoms with E-state index in [4.69, 9.17) is 21.2 Å². The van der Waals surface area contributed by atoms with Gasteiger partial charge in [-0.3, -0.25) is 0 Å². The molecule has 0 radical (unpaired) electrons. The predicted octanol–water partition coefficient (Wildman–Crippen LogP) is 8.07. The van der Waals surface area contributed by atoms with Gasteiger partial charge in [0.15, 0.2) is 0 Å². The number of rotatable bonds is 7. The molecule has 1 aromatic heterocycles. The van der Waals surface area contributed by atoms with E-state index in [0.29, 0.717) is 16.3 Å². The van der Waals surface area contributed by atoms with Gasteiger partial charge in [-0.25, -0.2) is 0 Å².